The zero-order chi connectivity index (χ0) is 17.6. The van der Waals surface area contributed by atoms with Gasteiger partial charge in [0.15, 0.2) is 0 Å². The molecule has 0 bridgehead atoms. The Morgan fingerprint density at radius 3 is 1.81 bits per heavy atom. The number of hydrogen-bond acceptors (Lipinski definition) is 9. The molecular formula is C17H27N7O2. The number of morpholine rings is 2. The molecule has 1 aromatic rings. The van der Waals surface area contributed by atoms with E-state index in [1.807, 2.05) is 0 Å². The lowest BCUT2D eigenvalue weighted by Crippen LogP contribution is -2.40. The smallest absolute Gasteiger partial charge is 0.250 e. The molecule has 3 fully saturated rings. The molecule has 2 saturated heterocycles. The number of hydrazone groups is 1. The fourth-order valence-electron chi connectivity index (χ4n) is 3.41. The molecule has 1 aliphatic carbocycles. The summed E-state index contributed by atoms with van der Waals surface area (Å²) in [6, 6.07) is 0. The average molecular weight is 361 g/mol. The van der Waals surface area contributed by atoms with Crippen molar-refractivity contribution in [2.24, 2.45) is 5.10 Å². The van der Waals surface area contributed by atoms with Crippen LogP contribution in [0.4, 0.5) is 17.8 Å². The second-order valence-electron chi connectivity index (χ2n) is 6.81. The molecule has 3 aliphatic rings. The molecule has 26 heavy (non-hydrogen) atoms. The molecule has 0 spiro atoms. The lowest BCUT2D eigenvalue weighted by molar-refractivity contribution is 0.121. The lowest BCUT2D eigenvalue weighted by atomic mass is 9.99. The van der Waals surface area contributed by atoms with Gasteiger partial charge in [-0.2, -0.15) is 20.1 Å². The summed E-state index contributed by atoms with van der Waals surface area (Å²) in [5, 5.41) is 4.55. The van der Waals surface area contributed by atoms with Crippen molar-refractivity contribution in [3.8, 4) is 0 Å². The Kier molecular flexibility index (Phi) is 5.75. The number of rotatable bonds is 4. The van der Waals surface area contributed by atoms with Crippen LogP contribution in [0.15, 0.2) is 5.10 Å². The Morgan fingerprint density at radius 1 is 0.731 bits per heavy atom. The Hall–Kier alpha value is -2.00. The highest BCUT2D eigenvalue weighted by Gasteiger charge is 2.20. The standard InChI is InChI=1S/C17H27N7O2/c1-2-4-14(5-3-1)21-22-15-18-16(23-6-10-25-11-7-23)20-17(19-15)24-8-12-26-13-9-24/h1-13H2,(H,18,19,20,22). The van der Waals surface area contributed by atoms with E-state index < -0.39 is 0 Å². The van der Waals surface area contributed by atoms with E-state index >= 15 is 0 Å². The van der Waals surface area contributed by atoms with Crippen molar-refractivity contribution in [1.82, 2.24) is 15.0 Å². The minimum Gasteiger partial charge on any atom is -0.378 e. The molecule has 9 nitrogen and oxygen atoms in total. The summed E-state index contributed by atoms with van der Waals surface area (Å²) in [6.45, 7) is 5.96. The van der Waals surface area contributed by atoms with Gasteiger partial charge in [0.25, 0.3) is 0 Å². The van der Waals surface area contributed by atoms with E-state index in [4.69, 9.17) is 14.5 Å². The van der Waals surface area contributed by atoms with Gasteiger partial charge in [-0.15, -0.1) is 0 Å². The topological polar surface area (TPSA) is 88.0 Å². The highest BCUT2D eigenvalue weighted by molar-refractivity contribution is 5.85. The molecule has 9 heteroatoms. The second-order valence-corrected chi connectivity index (χ2v) is 6.81. The van der Waals surface area contributed by atoms with Crippen LogP contribution >= 0.6 is 0 Å². The highest BCUT2D eigenvalue weighted by atomic mass is 16.5. The van der Waals surface area contributed by atoms with Crippen molar-refractivity contribution in [3.05, 3.63) is 0 Å². The molecule has 0 radical (unpaired) electrons. The summed E-state index contributed by atoms with van der Waals surface area (Å²) in [7, 11) is 0. The van der Waals surface area contributed by atoms with Gasteiger partial charge in [-0.1, -0.05) is 6.42 Å². The Balaban J connectivity index is 1.56. The van der Waals surface area contributed by atoms with E-state index in [0.29, 0.717) is 44.3 Å². The van der Waals surface area contributed by atoms with E-state index in [2.05, 4.69) is 30.3 Å². The Morgan fingerprint density at radius 2 is 1.27 bits per heavy atom. The maximum atomic E-state index is 5.45. The molecular weight excluding hydrogens is 334 g/mol. The third-order valence-electron chi connectivity index (χ3n) is 4.94. The minimum atomic E-state index is 0.515. The molecule has 0 aromatic carbocycles. The Bertz CT molecular complexity index is 583. The van der Waals surface area contributed by atoms with Crippen LogP contribution in [-0.4, -0.2) is 73.3 Å². The van der Waals surface area contributed by atoms with Crippen LogP contribution < -0.4 is 15.2 Å². The second kappa shape index (κ2) is 8.59. The number of nitrogens with one attached hydrogen (secondary N) is 1. The zero-order valence-corrected chi connectivity index (χ0v) is 15.2. The number of hydrogen-bond donors (Lipinski definition) is 1. The van der Waals surface area contributed by atoms with Crippen LogP contribution in [0.1, 0.15) is 32.1 Å². The number of ether oxygens (including phenoxy) is 2. The Labute approximate surface area is 153 Å². The first-order valence-corrected chi connectivity index (χ1v) is 9.61. The average Bonchev–Trinajstić information content (AvgIpc) is 2.74. The summed E-state index contributed by atoms with van der Waals surface area (Å²) < 4.78 is 10.9. The van der Waals surface area contributed by atoms with E-state index in [0.717, 1.165) is 39.0 Å². The van der Waals surface area contributed by atoms with Gasteiger partial charge in [0.1, 0.15) is 0 Å². The molecule has 4 rings (SSSR count). The van der Waals surface area contributed by atoms with Gasteiger partial charge in [0.2, 0.25) is 17.8 Å². The summed E-state index contributed by atoms with van der Waals surface area (Å²) in [5.74, 6) is 1.90. The van der Waals surface area contributed by atoms with Crippen LogP contribution in [0.2, 0.25) is 0 Å². The van der Waals surface area contributed by atoms with Gasteiger partial charge >= 0.3 is 0 Å². The summed E-state index contributed by atoms with van der Waals surface area (Å²) in [4.78, 5) is 18.2. The predicted octanol–water partition coefficient (Wildman–Crippen LogP) is 1.28. The van der Waals surface area contributed by atoms with Crippen molar-refractivity contribution < 1.29 is 9.47 Å². The molecule has 3 heterocycles. The van der Waals surface area contributed by atoms with Crippen LogP contribution in [-0.2, 0) is 9.47 Å². The normalized spacial score (nSPS) is 21.6. The maximum absolute atomic E-state index is 5.45. The lowest BCUT2D eigenvalue weighted by Gasteiger charge is -2.30. The van der Waals surface area contributed by atoms with Crippen LogP contribution in [0.5, 0.6) is 0 Å². The highest BCUT2D eigenvalue weighted by Crippen LogP contribution is 2.19. The van der Waals surface area contributed by atoms with Gasteiger partial charge in [-0.25, -0.2) is 5.43 Å². The first-order chi connectivity index (χ1) is 12.9. The third kappa shape index (κ3) is 4.39. The van der Waals surface area contributed by atoms with Crippen LogP contribution in [0.25, 0.3) is 0 Å². The van der Waals surface area contributed by atoms with Crippen molar-refractivity contribution in [2.45, 2.75) is 32.1 Å². The molecule has 1 aromatic heterocycles. The molecule has 0 amide bonds. The first-order valence-electron chi connectivity index (χ1n) is 9.61. The molecule has 1 N–H and O–H groups in total. The third-order valence-corrected chi connectivity index (χ3v) is 4.94. The van der Waals surface area contributed by atoms with Crippen LogP contribution in [0, 0.1) is 0 Å². The minimum absolute atomic E-state index is 0.515. The van der Waals surface area contributed by atoms with E-state index in [-0.39, 0.29) is 0 Å². The van der Waals surface area contributed by atoms with E-state index in [1.54, 1.807) is 0 Å². The molecule has 0 atom stereocenters. The van der Waals surface area contributed by atoms with E-state index in [1.165, 1.54) is 25.0 Å². The largest absolute Gasteiger partial charge is 0.378 e. The monoisotopic (exact) mass is 361 g/mol. The zero-order valence-electron chi connectivity index (χ0n) is 15.2. The summed E-state index contributed by atoms with van der Waals surface area (Å²) in [5.41, 5.74) is 4.29. The van der Waals surface area contributed by atoms with Crippen molar-refractivity contribution in [2.75, 3.05) is 67.8 Å². The maximum Gasteiger partial charge on any atom is 0.250 e. The molecule has 1 saturated carbocycles. The van der Waals surface area contributed by atoms with Gasteiger partial charge in [0, 0.05) is 31.9 Å². The summed E-state index contributed by atoms with van der Waals surface area (Å²) >= 11 is 0. The molecule has 0 unspecified atom stereocenters. The summed E-state index contributed by atoms with van der Waals surface area (Å²) in [6.07, 6.45) is 5.86. The number of anilines is 3. The van der Waals surface area contributed by atoms with Gasteiger partial charge < -0.3 is 19.3 Å². The number of nitrogens with zero attached hydrogens (tertiary/aromatic N) is 6. The van der Waals surface area contributed by atoms with Gasteiger partial charge in [-0.3, -0.25) is 0 Å². The molecule has 2 aliphatic heterocycles. The fraction of sp³-hybridized carbons (Fsp3) is 0.765. The SMILES string of the molecule is C1CCC(=NNc2nc(N3CCOCC3)nc(N3CCOCC3)n2)CC1. The van der Waals surface area contributed by atoms with Gasteiger partial charge in [-0.05, 0) is 25.7 Å². The first kappa shape index (κ1) is 17.4. The number of aromatic nitrogens is 3. The predicted molar refractivity (Wildman–Crippen MR) is 100 cm³/mol. The molecule has 142 valence electrons. The van der Waals surface area contributed by atoms with Gasteiger partial charge in [0.05, 0.1) is 26.4 Å². The van der Waals surface area contributed by atoms with Crippen molar-refractivity contribution >= 4 is 23.6 Å². The van der Waals surface area contributed by atoms with Crippen molar-refractivity contribution in [1.29, 1.82) is 0 Å². The van der Waals surface area contributed by atoms with Crippen LogP contribution in [0.3, 0.4) is 0 Å². The van der Waals surface area contributed by atoms with Crippen molar-refractivity contribution in [3.63, 3.8) is 0 Å². The fourth-order valence-corrected chi connectivity index (χ4v) is 3.41. The quantitative estimate of drug-likeness (QED) is 0.803. The van der Waals surface area contributed by atoms with E-state index in [9.17, 15) is 0 Å².